The SMILES string of the molecule is OC1CCCCCC1N1CC2(CC2)C1. The van der Waals surface area contributed by atoms with Gasteiger partial charge < -0.3 is 5.11 Å². The third kappa shape index (κ3) is 1.49. The van der Waals surface area contributed by atoms with Crippen LogP contribution in [0.5, 0.6) is 0 Å². The van der Waals surface area contributed by atoms with Crippen LogP contribution in [0.15, 0.2) is 0 Å². The van der Waals surface area contributed by atoms with Gasteiger partial charge in [-0.05, 0) is 31.1 Å². The summed E-state index contributed by atoms with van der Waals surface area (Å²) in [6, 6.07) is 0.503. The molecule has 80 valence electrons. The fraction of sp³-hybridized carbons (Fsp3) is 1.00. The molecular formula is C12H21NO. The van der Waals surface area contributed by atoms with Crippen molar-refractivity contribution in [2.75, 3.05) is 13.1 Å². The Morgan fingerprint density at radius 3 is 2.43 bits per heavy atom. The Labute approximate surface area is 86.3 Å². The van der Waals surface area contributed by atoms with Gasteiger partial charge in [0.2, 0.25) is 0 Å². The first-order valence-electron chi connectivity index (χ1n) is 6.21. The van der Waals surface area contributed by atoms with Gasteiger partial charge in [0.1, 0.15) is 0 Å². The summed E-state index contributed by atoms with van der Waals surface area (Å²) in [5.74, 6) is 0. The minimum absolute atomic E-state index is 0.0337. The molecule has 3 aliphatic rings. The first-order chi connectivity index (χ1) is 6.79. The summed E-state index contributed by atoms with van der Waals surface area (Å²) in [5.41, 5.74) is 0.742. The molecule has 0 aromatic heterocycles. The van der Waals surface area contributed by atoms with Crippen molar-refractivity contribution < 1.29 is 5.11 Å². The topological polar surface area (TPSA) is 23.5 Å². The van der Waals surface area contributed by atoms with Gasteiger partial charge in [0.25, 0.3) is 0 Å². The van der Waals surface area contributed by atoms with E-state index in [4.69, 9.17) is 0 Å². The van der Waals surface area contributed by atoms with Gasteiger partial charge in [-0.25, -0.2) is 0 Å². The van der Waals surface area contributed by atoms with Crippen molar-refractivity contribution in [2.24, 2.45) is 5.41 Å². The van der Waals surface area contributed by atoms with Crippen molar-refractivity contribution in [1.82, 2.24) is 4.90 Å². The highest BCUT2D eigenvalue weighted by molar-refractivity contribution is 5.07. The number of aliphatic hydroxyl groups is 1. The van der Waals surface area contributed by atoms with Gasteiger partial charge in [-0.2, -0.15) is 0 Å². The number of hydrogen-bond donors (Lipinski definition) is 1. The standard InChI is InChI=1S/C12H21NO/c14-11-5-3-1-2-4-10(11)13-8-12(9-13)6-7-12/h10-11,14H,1-9H2. The molecule has 14 heavy (non-hydrogen) atoms. The highest BCUT2D eigenvalue weighted by Gasteiger charge is 2.54. The van der Waals surface area contributed by atoms with Crippen molar-refractivity contribution in [1.29, 1.82) is 0 Å². The minimum atomic E-state index is -0.0337. The Morgan fingerprint density at radius 1 is 1.00 bits per heavy atom. The summed E-state index contributed by atoms with van der Waals surface area (Å²) in [6.45, 7) is 2.57. The monoisotopic (exact) mass is 195 g/mol. The van der Waals surface area contributed by atoms with E-state index in [0.717, 1.165) is 11.8 Å². The number of aliphatic hydroxyl groups excluding tert-OH is 1. The number of nitrogens with zero attached hydrogens (tertiary/aromatic N) is 1. The average molecular weight is 195 g/mol. The van der Waals surface area contributed by atoms with E-state index in [1.54, 1.807) is 0 Å². The van der Waals surface area contributed by atoms with Gasteiger partial charge in [-0.15, -0.1) is 0 Å². The highest BCUT2D eigenvalue weighted by atomic mass is 16.3. The van der Waals surface area contributed by atoms with Crippen LogP contribution in [-0.2, 0) is 0 Å². The van der Waals surface area contributed by atoms with Crippen LogP contribution in [0.3, 0.4) is 0 Å². The molecule has 1 heterocycles. The van der Waals surface area contributed by atoms with E-state index in [-0.39, 0.29) is 6.10 Å². The third-order valence-electron chi connectivity index (χ3n) is 4.45. The molecule has 1 saturated heterocycles. The van der Waals surface area contributed by atoms with E-state index < -0.39 is 0 Å². The van der Waals surface area contributed by atoms with E-state index in [1.807, 2.05) is 0 Å². The van der Waals surface area contributed by atoms with Crippen LogP contribution in [0.2, 0.25) is 0 Å². The fourth-order valence-corrected chi connectivity index (χ4v) is 3.24. The van der Waals surface area contributed by atoms with Crippen LogP contribution < -0.4 is 0 Å². The van der Waals surface area contributed by atoms with Gasteiger partial charge in [0.15, 0.2) is 0 Å². The van der Waals surface area contributed by atoms with E-state index in [1.165, 1.54) is 51.6 Å². The van der Waals surface area contributed by atoms with Crippen LogP contribution in [0.25, 0.3) is 0 Å². The quantitative estimate of drug-likeness (QED) is 0.645. The third-order valence-corrected chi connectivity index (χ3v) is 4.45. The summed E-state index contributed by atoms with van der Waals surface area (Å²) in [7, 11) is 0. The van der Waals surface area contributed by atoms with Gasteiger partial charge in [-0.1, -0.05) is 19.3 Å². The van der Waals surface area contributed by atoms with Gasteiger partial charge in [0.05, 0.1) is 6.10 Å². The summed E-state index contributed by atoms with van der Waals surface area (Å²) >= 11 is 0. The zero-order valence-electron chi connectivity index (χ0n) is 8.91. The lowest BCUT2D eigenvalue weighted by atomic mass is 9.91. The maximum Gasteiger partial charge on any atom is 0.0695 e. The van der Waals surface area contributed by atoms with Crippen molar-refractivity contribution in [3.8, 4) is 0 Å². The Balaban J connectivity index is 1.59. The summed E-state index contributed by atoms with van der Waals surface area (Å²) in [5, 5.41) is 10.0. The van der Waals surface area contributed by atoms with Crippen LogP contribution in [0.4, 0.5) is 0 Å². The van der Waals surface area contributed by atoms with E-state index in [0.29, 0.717) is 6.04 Å². The Morgan fingerprint density at radius 2 is 1.71 bits per heavy atom. The van der Waals surface area contributed by atoms with Crippen molar-refractivity contribution in [3.05, 3.63) is 0 Å². The molecular weight excluding hydrogens is 174 g/mol. The minimum Gasteiger partial charge on any atom is -0.391 e. The fourth-order valence-electron chi connectivity index (χ4n) is 3.24. The largest absolute Gasteiger partial charge is 0.391 e. The Hall–Kier alpha value is -0.0800. The molecule has 2 heteroatoms. The molecule has 0 aromatic carbocycles. The molecule has 3 fully saturated rings. The van der Waals surface area contributed by atoms with Crippen LogP contribution in [-0.4, -0.2) is 35.2 Å². The van der Waals surface area contributed by atoms with E-state index in [2.05, 4.69) is 4.90 Å². The van der Waals surface area contributed by atoms with Crippen LogP contribution in [0, 0.1) is 5.41 Å². The lowest BCUT2D eigenvalue weighted by Gasteiger charge is -2.46. The lowest BCUT2D eigenvalue weighted by molar-refractivity contribution is -0.0290. The maximum absolute atomic E-state index is 10.0. The maximum atomic E-state index is 10.0. The van der Waals surface area contributed by atoms with Crippen LogP contribution >= 0.6 is 0 Å². The first kappa shape index (κ1) is 9.17. The molecule has 1 N–H and O–H groups in total. The molecule has 1 spiro atoms. The van der Waals surface area contributed by atoms with Gasteiger partial charge in [0, 0.05) is 19.1 Å². The molecule has 1 aliphatic heterocycles. The smallest absolute Gasteiger partial charge is 0.0695 e. The molecule has 3 rings (SSSR count). The number of rotatable bonds is 1. The predicted octanol–water partition coefficient (Wildman–Crippen LogP) is 1.78. The van der Waals surface area contributed by atoms with Gasteiger partial charge in [-0.3, -0.25) is 4.90 Å². The lowest BCUT2D eigenvalue weighted by Crippen LogP contribution is -2.56. The normalized spacial score (nSPS) is 41.8. The Bertz CT molecular complexity index is 216. The molecule has 0 bridgehead atoms. The van der Waals surface area contributed by atoms with Crippen molar-refractivity contribution in [2.45, 2.75) is 57.1 Å². The predicted molar refractivity (Wildman–Crippen MR) is 56.1 cm³/mol. The zero-order chi connectivity index (χ0) is 9.60. The number of likely N-dealkylation sites (tertiary alicyclic amines) is 1. The number of hydrogen-bond acceptors (Lipinski definition) is 2. The Kier molecular flexibility index (Phi) is 2.10. The highest BCUT2D eigenvalue weighted by Crippen LogP contribution is 2.54. The van der Waals surface area contributed by atoms with Crippen molar-refractivity contribution in [3.63, 3.8) is 0 Å². The zero-order valence-corrected chi connectivity index (χ0v) is 8.91. The molecule has 2 aliphatic carbocycles. The molecule has 2 saturated carbocycles. The molecule has 0 aromatic rings. The second-order valence-corrected chi connectivity index (χ2v) is 5.68. The summed E-state index contributed by atoms with van der Waals surface area (Å²) in [4.78, 5) is 2.54. The summed E-state index contributed by atoms with van der Waals surface area (Å²) in [6.07, 6.45) is 9.02. The van der Waals surface area contributed by atoms with Gasteiger partial charge >= 0.3 is 0 Å². The second kappa shape index (κ2) is 3.21. The molecule has 2 nitrogen and oxygen atoms in total. The molecule has 0 radical (unpaired) electrons. The van der Waals surface area contributed by atoms with E-state index >= 15 is 0 Å². The molecule has 0 amide bonds. The summed E-state index contributed by atoms with van der Waals surface area (Å²) < 4.78 is 0. The first-order valence-corrected chi connectivity index (χ1v) is 6.21. The van der Waals surface area contributed by atoms with Crippen LogP contribution in [0.1, 0.15) is 44.9 Å². The second-order valence-electron chi connectivity index (χ2n) is 5.68. The average Bonchev–Trinajstić information content (AvgIpc) is 2.86. The molecule has 2 atom stereocenters. The van der Waals surface area contributed by atoms with E-state index in [9.17, 15) is 5.11 Å². The van der Waals surface area contributed by atoms with Crippen molar-refractivity contribution >= 4 is 0 Å². The molecule has 2 unspecified atom stereocenters.